The molecule has 0 bridgehead atoms. The minimum absolute atomic E-state index is 0.0736. The Balaban J connectivity index is 3.20. The van der Waals surface area contributed by atoms with Gasteiger partial charge < -0.3 is 9.05 Å². The Bertz CT molecular complexity index is 579. The zero-order valence-electron chi connectivity index (χ0n) is 12.6. The van der Waals surface area contributed by atoms with Crippen molar-refractivity contribution in [3.63, 3.8) is 0 Å². The number of carbonyl (C=O) groups excluding carboxylic acids is 1. The second-order valence-electron chi connectivity index (χ2n) is 4.25. The van der Waals surface area contributed by atoms with Gasteiger partial charge >= 0.3 is 7.60 Å². The van der Waals surface area contributed by atoms with Gasteiger partial charge in [-0.25, -0.2) is 14.3 Å². The molecule has 0 aliphatic carbocycles. The normalized spacial score (nSPS) is 12.9. The monoisotopic (exact) mass is 369 g/mol. The molecule has 0 spiro atoms. The van der Waals surface area contributed by atoms with Crippen LogP contribution in [-0.4, -0.2) is 30.1 Å². The Labute approximate surface area is 137 Å². The summed E-state index contributed by atoms with van der Waals surface area (Å²) in [6.07, 6.45) is 0. The molecule has 0 fully saturated rings. The zero-order chi connectivity index (χ0) is 17.5. The molecule has 130 valence electrons. The van der Waals surface area contributed by atoms with Crippen molar-refractivity contribution in [2.75, 3.05) is 19.0 Å². The third-order valence-corrected chi connectivity index (χ3v) is 6.98. The van der Waals surface area contributed by atoms with Gasteiger partial charge in [-0.3, -0.25) is 14.6 Å². The van der Waals surface area contributed by atoms with Crippen LogP contribution in [0, 0.1) is 11.6 Å². The molecule has 23 heavy (non-hydrogen) atoms. The SMILES string of the molecule is CCOP(=O)(OCC)C(SCC(=O)NO)c1ccc(F)c(F)c1. The summed E-state index contributed by atoms with van der Waals surface area (Å²) in [4.78, 5) is 10.2. The first-order valence-corrected chi connectivity index (χ1v) is 9.42. The van der Waals surface area contributed by atoms with E-state index >= 15 is 0 Å². The van der Waals surface area contributed by atoms with Gasteiger partial charge in [0.2, 0.25) is 0 Å². The van der Waals surface area contributed by atoms with E-state index in [2.05, 4.69) is 0 Å². The summed E-state index contributed by atoms with van der Waals surface area (Å²) < 4.78 is 50.0. The average Bonchev–Trinajstić information content (AvgIpc) is 2.51. The quantitative estimate of drug-likeness (QED) is 0.394. The van der Waals surface area contributed by atoms with Gasteiger partial charge in [0.15, 0.2) is 11.6 Å². The minimum Gasteiger partial charge on any atom is -0.308 e. The van der Waals surface area contributed by atoms with Crippen LogP contribution in [0.5, 0.6) is 0 Å². The number of halogens is 2. The Morgan fingerprint density at radius 3 is 2.39 bits per heavy atom. The standard InChI is InChI=1S/C13H18F2NO5PS/c1-3-20-22(19,21-4-2)13(23-8-12(17)16-18)9-5-6-10(14)11(15)7-9/h5-7,13,18H,3-4,8H2,1-2H3,(H,16,17). The van der Waals surface area contributed by atoms with Crippen molar-refractivity contribution in [1.82, 2.24) is 5.48 Å². The smallest absolute Gasteiger partial charge is 0.308 e. The molecule has 2 N–H and O–H groups in total. The number of thioether (sulfide) groups is 1. The minimum atomic E-state index is -3.74. The van der Waals surface area contributed by atoms with Crippen molar-refractivity contribution in [3.8, 4) is 0 Å². The molecule has 10 heteroatoms. The van der Waals surface area contributed by atoms with Crippen molar-refractivity contribution in [3.05, 3.63) is 35.4 Å². The summed E-state index contributed by atoms with van der Waals surface area (Å²) in [7, 11) is -3.74. The number of hydrogen-bond donors (Lipinski definition) is 2. The molecule has 6 nitrogen and oxygen atoms in total. The number of hydroxylamine groups is 1. The van der Waals surface area contributed by atoms with E-state index in [-0.39, 0.29) is 24.5 Å². The lowest BCUT2D eigenvalue weighted by Crippen LogP contribution is -2.21. The molecule has 0 aliphatic rings. The van der Waals surface area contributed by atoms with Crippen molar-refractivity contribution in [2.45, 2.75) is 18.8 Å². The van der Waals surface area contributed by atoms with Crippen LogP contribution in [0.15, 0.2) is 18.2 Å². The Morgan fingerprint density at radius 2 is 1.91 bits per heavy atom. The van der Waals surface area contributed by atoms with E-state index in [1.165, 1.54) is 11.5 Å². The summed E-state index contributed by atoms with van der Waals surface area (Å²) in [5.74, 6) is -3.17. The third kappa shape index (κ3) is 5.54. The summed E-state index contributed by atoms with van der Waals surface area (Å²) >= 11 is 0.834. The van der Waals surface area contributed by atoms with Crippen molar-refractivity contribution in [2.24, 2.45) is 0 Å². The van der Waals surface area contributed by atoms with Gasteiger partial charge in [-0.15, -0.1) is 11.8 Å². The van der Waals surface area contributed by atoms with Gasteiger partial charge in [0.1, 0.15) is 4.99 Å². The number of rotatable bonds is 9. The van der Waals surface area contributed by atoms with Crippen LogP contribution in [0.4, 0.5) is 8.78 Å². The molecule has 0 aromatic heterocycles. The van der Waals surface area contributed by atoms with E-state index in [4.69, 9.17) is 14.3 Å². The molecule has 0 aliphatic heterocycles. The maximum Gasteiger partial charge on any atom is 0.347 e. The predicted molar refractivity (Wildman–Crippen MR) is 82.3 cm³/mol. The Morgan fingerprint density at radius 1 is 1.30 bits per heavy atom. The van der Waals surface area contributed by atoms with Crippen molar-refractivity contribution >= 4 is 25.3 Å². The molecule has 0 saturated heterocycles. The van der Waals surface area contributed by atoms with Gasteiger partial charge in [0.25, 0.3) is 5.91 Å². The summed E-state index contributed by atoms with van der Waals surface area (Å²) in [5, 5.41) is 8.55. The first-order valence-electron chi connectivity index (χ1n) is 6.76. The van der Waals surface area contributed by atoms with Gasteiger partial charge in [0.05, 0.1) is 19.0 Å². The number of carbonyl (C=O) groups is 1. The van der Waals surface area contributed by atoms with E-state index in [0.717, 1.165) is 23.9 Å². The van der Waals surface area contributed by atoms with Gasteiger partial charge in [-0.2, -0.15) is 0 Å². The molecule has 0 saturated carbocycles. The van der Waals surface area contributed by atoms with E-state index in [0.29, 0.717) is 0 Å². The van der Waals surface area contributed by atoms with Gasteiger partial charge in [-0.1, -0.05) is 6.07 Å². The molecule has 0 radical (unpaired) electrons. The molecule has 1 atom stereocenters. The molecular weight excluding hydrogens is 351 g/mol. The highest BCUT2D eigenvalue weighted by Crippen LogP contribution is 2.65. The molecule has 1 aromatic carbocycles. The first kappa shape index (κ1) is 20.1. The van der Waals surface area contributed by atoms with Crippen LogP contribution in [-0.2, 0) is 18.4 Å². The van der Waals surface area contributed by atoms with Gasteiger partial charge in [0, 0.05) is 0 Å². The van der Waals surface area contributed by atoms with E-state index in [1.54, 1.807) is 13.8 Å². The molecule has 0 heterocycles. The largest absolute Gasteiger partial charge is 0.347 e. The maximum atomic E-state index is 13.5. The van der Waals surface area contributed by atoms with Crippen LogP contribution >= 0.6 is 19.4 Å². The van der Waals surface area contributed by atoms with Gasteiger partial charge in [-0.05, 0) is 31.5 Å². The fraction of sp³-hybridized carbons (Fsp3) is 0.462. The fourth-order valence-corrected chi connectivity index (χ4v) is 5.38. The fourth-order valence-electron chi connectivity index (χ4n) is 1.76. The molecule has 1 amide bonds. The third-order valence-electron chi connectivity index (χ3n) is 2.63. The number of amides is 1. The molecule has 1 rings (SSSR count). The highest BCUT2D eigenvalue weighted by atomic mass is 32.2. The second kappa shape index (κ2) is 9.34. The van der Waals surface area contributed by atoms with Crippen LogP contribution in [0.25, 0.3) is 0 Å². The van der Waals surface area contributed by atoms with Crippen LogP contribution in [0.3, 0.4) is 0 Å². The lowest BCUT2D eigenvalue weighted by molar-refractivity contribution is -0.126. The van der Waals surface area contributed by atoms with E-state index in [9.17, 15) is 18.1 Å². The average molecular weight is 369 g/mol. The van der Waals surface area contributed by atoms with E-state index in [1.807, 2.05) is 0 Å². The van der Waals surface area contributed by atoms with Crippen molar-refractivity contribution < 1.29 is 32.4 Å². The second-order valence-corrected chi connectivity index (χ2v) is 7.80. The Hall–Kier alpha value is -0.990. The lowest BCUT2D eigenvalue weighted by atomic mass is 10.2. The molecular formula is C13H18F2NO5PS. The van der Waals surface area contributed by atoms with E-state index < -0.39 is 30.1 Å². The van der Waals surface area contributed by atoms with Crippen LogP contribution in [0.1, 0.15) is 24.4 Å². The molecule has 1 unspecified atom stereocenters. The lowest BCUT2D eigenvalue weighted by Gasteiger charge is -2.26. The van der Waals surface area contributed by atoms with Crippen molar-refractivity contribution in [1.29, 1.82) is 0 Å². The molecule has 1 aromatic rings. The Kier molecular flexibility index (Phi) is 8.15. The summed E-state index contributed by atoms with van der Waals surface area (Å²) in [6.45, 7) is 3.37. The highest BCUT2D eigenvalue weighted by molar-refractivity contribution is 8.05. The topological polar surface area (TPSA) is 84.9 Å². The van der Waals surface area contributed by atoms with Crippen LogP contribution in [0.2, 0.25) is 0 Å². The van der Waals surface area contributed by atoms with Crippen LogP contribution < -0.4 is 5.48 Å². The first-order chi connectivity index (χ1) is 10.9. The number of benzene rings is 1. The maximum absolute atomic E-state index is 13.5. The number of nitrogens with one attached hydrogen (secondary N) is 1. The summed E-state index contributed by atoms with van der Waals surface area (Å²) in [5.41, 5.74) is 1.60. The predicted octanol–water partition coefficient (Wildman–Crippen LogP) is 3.47. The highest BCUT2D eigenvalue weighted by Gasteiger charge is 2.38. The zero-order valence-corrected chi connectivity index (χ0v) is 14.3. The summed E-state index contributed by atoms with van der Waals surface area (Å²) in [6, 6.07) is 3.03. The number of hydrogen-bond acceptors (Lipinski definition) is 6.